The van der Waals surface area contributed by atoms with Crippen LogP contribution in [0.1, 0.15) is 47.1 Å². The predicted molar refractivity (Wildman–Crippen MR) is 108 cm³/mol. The number of thiazole rings is 1. The summed E-state index contributed by atoms with van der Waals surface area (Å²) in [5.74, 6) is 1.15. The van der Waals surface area contributed by atoms with Gasteiger partial charge in [0.25, 0.3) is 5.91 Å². The maximum Gasteiger partial charge on any atom is 0.260 e. The molecule has 1 amide bonds. The maximum absolute atomic E-state index is 12.5. The zero-order chi connectivity index (χ0) is 18.6. The Labute approximate surface area is 162 Å². The molecule has 1 aliphatic rings. The Morgan fingerprint density at radius 1 is 1.22 bits per heavy atom. The lowest BCUT2D eigenvalue weighted by Crippen LogP contribution is -2.13. The molecule has 27 heavy (non-hydrogen) atoms. The highest BCUT2D eigenvalue weighted by molar-refractivity contribution is 7.15. The summed E-state index contributed by atoms with van der Waals surface area (Å²) < 4.78 is 0. The van der Waals surface area contributed by atoms with Crippen molar-refractivity contribution < 1.29 is 4.79 Å². The molecular weight excluding hydrogens is 356 g/mol. The lowest BCUT2D eigenvalue weighted by molar-refractivity contribution is 0.102. The number of anilines is 1. The van der Waals surface area contributed by atoms with E-state index >= 15 is 0 Å². The van der Waals surface area contributed by atoms with Crippen LogP contribution < -0.4 is 5.32 Å². The van der Waals surface area contributed by atoms with E-state index in [0.29, 0.717) is 16.5 Å². The van der Waals surface area contributed by atoms with E-state index in [1.54, 1.807) is 23.7 Å². The monoisotopic (exact) mass is 378 g/mol. The number of rotatable bonds is 5. The van der Waals surface area contributed by atoms with Gasteiger partial charge in [-0.25, -0.2) is 15.0 Å². The SMILES string of the molecule is CCCC1CCc2nc(NC(=O)c3cnc(-c4ccccc4)nc3)sc2C1. The van der Waals surface area contributed by atoms with Crippen LogP contribution >= 0.6 is 11.3 Å². The maximum atomic E-state index is 12.5. The Bertz CT molecular complexity index is 921. The highest BCUT2D eigenvalue weighted by atomic mass is 32.1. The largest absolute Gasteiger partial charge is 0.298 e. The van der Waals surface area contributed by atoms with Crippen LogP contribution in [0.25, 0.3) is 11.4 Å². The van der Waals surface area contributed by atoms with Crippen molar-refractivity contribution in [2.45, 2.75) is 39.0 Å². The fraction of sp³-hybridized carbons (Fsp3) is 0.333. The van der Waals surface area contributed by atoms with E-state index < -0.39 is 0 Å². The number of hydrogen-bond donors (Lipinski definition) is 1. The first kappa shape index (κ1) is 17.8. The van der Waals surface area contributed by atoms with Crippen LogP contribution in [0.5, 0.6) is 0 Å². The molecule has 0 aliphatic heterocycles. The molecule has 5 nitrogen and oxygen atoms in total. The van der Waals surface area contributed by atoms with Crippen LogP contribution in [0, 0.1) is 5.92 Å². The summed E-state index contributed by atoms with van der Waals surface area (Å²) in [6, 6.07) is 9.72. The molecule has 0 radical (unpaired) electrons. The number of nitrogens with one attached hydrogen (secondary N) is 1. The second-order valence-corrected chi connectivity index (χ2v) is 7.99. The average molecular weight is 379 g/mol. The minimum absolute atomic E-state index is 0.217. The minimum Gasteiger partial charge on any atom is -0.298 e. The lowest BCUT2D eigenvalue weighted by atomic mass is 9.88. The Balaban J connectivity index is 1.44. The molecule has 2 heterocycles. The van der Waals surface area contributed by atoms with Crippen LogP contribution in [-0.4, -0.2) is 20.9 Å². The Kier molecular flexibility index (Phi) is 5.25. The van der Waals surface area contributed by atoms with E-state index in [-0.39, 0.29) is 5.91 Å². The second kappa shape index (κ2) is 7.96. The Hall–Kier alpha value is -2.60. The number of carbonyl (C=O) groups excluding carboxylic acids is 1. The van der Waals surface area contributed by atoms with Gasteiger partial charge in [-0.2, -0.15) is 0 Å². The molecule has 3 aromatic rings. The summed E-state index contributed by atoms with van der Waals surface area (Å²) in [7, 11) is 0. The van der Waals surface area contributed by atoms with E-state index in [0.717, 1.165) is 30.0 Å². The zero-order valence-electron chi connectivity index (χ0n) is 15.3. The van der Waals surface area contributed by atoms with Gasteiger partial charge in [0.15, 0.2) is 11.0 Å². The number of fused-ring (bicyclic) bond motifs is 1. The fourth-order valence-electron chi connectivity index (χ4n) is 3.50. The van der Waals surface area contributed by atoms with Crippen molar-refractivity contribution in [1.29, 1.82) is 0 Å². The number of nitrogens with zero attached hydrogens (tertiary/aromatic N) is 3. The third kappa shape index (κ3) is 4.06. The highest BCUT2D eigenvalue weighted by Gasteiger charge is 2.22. The van der Waals surface area contributed by atoms with Gasteiger partial charge in [-0.05, 0) is 25.2 Å². The Morgan fingerprint density at radius 2 is 2.00 bits per heavy atom. The van der Waals surface area contributed by atoms with Crippen LogP contribution in [0.4, 0.5) is 5.13 Å². The van der Waals surface area contributed by atoms with Crippen molar-refractivity contribution in [2.75, 3.05) is 5.32 Å². The second-order valence-electron chi connectivity index (χ2n) is 6.90. The van der Waals surface area contributed by atoms with Crippen molar-refractivity contribution in [2.24, 2.45) is 5.92 Å². The smallest absolute Gasteiger partial charge is 0.260 e. The van der Waals surface area contributed by atoms with Gasteiger partial charge in [-0.1, -0.05) is 50.1 Å². The normalized spacial score (nSPS) is 16.0. The molecule has 0 fully saturated rings. The third-order valence-electron chi connectivity index (χ3n) is 4.91. The molecule has 0 saturated heterocycles. The molecule has 2 aromatic heterocycles. The highest BCUT2D eigenvalue weighted by Crippen LogP contribution is 2.34. The minimum atomic E-state index is -0.217. The molecule has 1 N–H and O–H groups in total. The van der Waals surface area contributed by atoms with E-state index in [1.165, 1.54) is 24.1 Å². The molecule has 0 bridgehead atoms. The van der Waals surface area contributed by atoms with Gasteiger partial charge in [0.2, 0.25) is 0 Å². The summed E-state index contributed by atoms with van der Waals surface area (Å²) in [5.41, 5.74) is 2.52. The molecular formula is C21H22N4OS. The first-order valence-corrected chi connectivity index (χ1v) is 10.2. The topological polar surface area (TPSA) is 67.8 Å². The molecule has 1 atom stereocenters. The van der Waals surface area contributed by atoms with Gasteiger partial charge in [-0.3, -0.25) is 10.1 Å². The van der Waals surface area contributed by atoms with E-state index in [2.05, 4.69) is 27.2 Å². The van der Waals surface area contributed by atoms with E-state index in [9.17, 15) is 4.79 Å². The van der Waals surface area contributed by atoms with Crippen LogP contribution in [0.3, 0.4) is 0 Å². The number of benzene rings is 1. The fourth-order valence-corrected chi connectivity index (χ4v) is 4.62. The number of hydrogen-bond acceptors (Lipinski definition) is 5. The van der Waals surface area contributed by atoms with Gasteiger partial charge in [0, 0.05) is 22.8 Å². The molecule has 0 saturated carbocycles. The molecule has 1 aromatic carbocycles. The summed E-state index contributed by atoms with van der Waals surface area (Å²) in [6.07, 6.45) is 8.93. The van der Waals surface area contributed by atoms with Gasteiger partial charge < -0.3 is 0 Å². The van der Waals surface area contributed by atoms with Crippen LogP contribution in [0.2, 0.25) is 0 Å². The summed E-state index contributed by atoms with van der Waals surface area (Å²) in [6.45, 7) is 2.24. The van der Waals surface area contributed by atoms with Gasteiger partial charge in [0.1, 0.15) is 0 Å². The van der Waals surface area contributed by atoms with Crippen molar-refractivity contribution >= 4 is 22.4 Å². The van der Waals surface area contributed by atoms with Gasteiger partial charge in [-0.15, -0.1) is 11.3 Å². The lowest BCUT2D eigenvalue weighted by Gasteiger charge is -2.19. The molecule has 138 valence electrons. The van der Waals surface area contributed by atoms with Crippen molar-refractivity contribution in [3.8, 4) is 11.4 Å². The van der Waals surface area contributed by atoms with Crippen LogP contribution in [0.15, 0.2) is 42.7 Å². The quantitative estimate of drug-likeness (QED) is 0.695. The zero-order valence-corrected chi connectivity index (χ0v) is 16.1. The third-order valence-corrected chi connectivity index (χ3v) is 5.94. The van der Waals surface area contributed by atoms with Crippen molar-refractivity contribution in [3.05, 3.63) is 58.9 Å². The summed E-state index contributed by atoms with van der Waals surface area (Å²) >= 11 is 1.60. The van der Waals surface area contributed by atoms with E-state index in [4.69, 9.17) is 0 Å². The van der Waals surface area contributed by atoms with E-state index in [1.807, 2.05) is 30.3 Å². The first-order chi connectivity index (χ1) is 13.2. The van der Waals surface area contributed by atoms with Crippen LogP contribution in [-0.2, 0) is 12.8 Å². The number of aryl methyl sites for hydroxylation is 1. The summed E-state index contributed by atoms with van der Waals surface area (Å²) in [5, 5.41) is 3.59. The van der Waals surface area contributed by atoms with Gasteiger partial charge in [0.05, 0.1) is 11.3 Å². The van der Waals surface area contributed by atoms with Crippen molar-refractivity contribution in [1.82, 2.24) is 15.0 Å². The summed E-state index contributed by atoms with van der Waals surface area (Å²) in [4.78, 5) is 27.1. The number of aromatic nitrogens is 3. The molecule has 1 unspecified atom stereocenters. The molecule has 1 aliphatic carbocycles. The number of amides is 1. The first-order valence-electron chi connectivity index (χ1n) is 9.40. The molecule has 0 spiro atoms. The molecule has 6 heteroatoms. The standard InChI is InChI=1S/C21H22N4OS/c1-2-6-14-9-10-17-18(11-14)27-21(24-17)25-20(26)16-12-22-19(23-13-16)15-7-4-3-5-8-15/h3-5,7-8,12-14H,2,6,9-11H2,1H3,(H,24,25,26). The van der Waals surface area contributed by atoms with Crippen molar-refractivity contribution in [3.63, 3.8) is 0 Å². The predicted octanol–water partition coefficient (Wildman–Crippen LogP) is 4.76. The number of carbonyl (C=O) groups is 1. The average Bonchev–Trinajstić information content (AvgIpc) is 3.10. The Morgan fingerprint density at radius 3 is 2.74 bits per heavy atom. The molecule has 4 rings (SSSR count). The van der Waals surface area contributed by atoms with Gasteiger partial charge >= 0.3 is 0 Å².